The third-order valence-electron chi connectivity index (χ3n) is 3.16. The number of aromatic nitrogens is 5. The number of fused-ring (bicyclic) bond motifs is 1. The van der Waals surface area contributed by atoms with Gasteiger partial charge in [-0.15, -0.1) is 0 Å². The van der Waals surface area contributed by atoms with Gasteiger partial charge < -0.3 is 0 Å². The molecular weight excluding hydrogens is 295 g/mol. The molecule has 0 aromatic carbocycles. The van der Waals surface area contributed by atoms with E-state index in [1.807, 2.05) is 19.9 Å². The molecule has 8 heteroatoms. The Kier molecular flexibility index (Phi) is 3.31. The van der Waals surface area contributed by atoms with Gasteiger partial charge in [-0.3, -0.25) is 4.40 Å². The van der Waals surface area contributed by atoms with Gasteiger partial charge in [0, 0.05) is 18.1 Å². The van der Waals surface area contributed by atoms with Crippen molar-refractivity contribution in [2.75, 3.05) is 0 Å². The van der Waals surface area contributed by atoms with E-state index in [4.69, 9.17) is 0 Å². The van der Waals surface area contributed by atoms with Crippen LogP contribution in [0.2, 0.25) is 0 Å². The second-order valence-corrected chi connectivity index (χ2v) is 5.08. The van der Waals surface area contributed by atoms with Gasteiger partial charge in [0.25, 0.3) is 0 Å². The van der Waals surface area contributed by atoms with Crippen LogP contribution in [0.25, 0.3) is 17.2 Å². The predicted octanol–water partition coefficient (Wildman–Crippen LogP) is 3.33. The van der Waals surface area contributed by atoms with E-state index >= 15 is 0 Å². The summed E-state index contributed by atoms with van der Waals surface area (Å²) in [4.78, 5) is 15.3. The Morgan fingerprint density at radius 1 is 1.09 bits per heavy atom. The summed E-state index contributed by atoms with van der Waals surface area (Å²) in [5.41, 5.74) is 1.45. The molecule has 0 atom stereocenters. The summed E-state index contributed by atoms with van der Waals surface area (Å²) in [6, 6.07) is 3.23. The van der Waals surface area contributed by atoms with Gasteiger partial charge in [-0.05, 0) is 18.1 Å². The van der Waals surface area contributed by atoms with Gasteiger partial charge >= 0.3 is 6.18 Å². The molecule has 22 heavy (non-hydrogen) atoms. The third kappa shape index (κ3) is 2.51. The smallest absolute Gasteiger partial charge is 0.282 e. The van der Waals surface area contributed by atoms with Crippen LogP contribution in [-0.4, -0.2) is 24.3 Å². The van der Waals surface area contributed by atoms with Crippen LogP contribution in [0, 0.1) is 0 Å². The molecule has 3 heterocycles. The van der Waals surface area contributed by atoms with Gasteiger partial charge in [-0.1, -0.05) is 13.8 Å². The number of nitrogens with zero attached hydrogens (tertiary/aromatic N) is 5. The third-order valence-corrected chi connectivity index (χ3v) is 3.16. The van der Waals surface area contributed by atoms with E-state index in [1.54, 1.807) is 10.6 Å². The van der Waals surface area contributed by atoms with Crippen LogP contribution >= 0.6 is 0 Å². The molecule has 0 fully saturated rings. The summed E-state index contributed by atoms with van der Waals surface area (Å²) in [5, 5.41) is 0. The number of halogens is 3. The molecule has 3 rings (SSSR count). The van der Waals surface area contributed by atoms with Crippen molar-refractivity contribution in [3.8, 4) is 11.4 Å². The van der Waals surface area contributed by atoms with Gasteiger partial charge in [-0.2, -0.15) is 13.2 Å². The quantitative estimate of drug-likeness (QED) is 0.728. The lowest BCUT2D eigenvalue weighted by Gasteiger charge is -2.07. The lowest BCUT2D eigenvalue weighted by molar-refractivity contribution is -0.144. The fraction of sp³-hybridized carbons (Fsp3) is 0.286. The minimum absolute atomic E-state index is 0.147. The van der Waals surface area contributed by atoms with Gasteiger partial charge in [-0.25, -0.2) is 19.9 Å². The largest absolute Gasteiger partial charge is 0.451 e. The van der Waals surface area contributed by atoms with Gasteiger partial charge in [0.15, 0.2) is 0 Å². The molecule has 0 amide bonds. The fourth-order valence-corrected chi connectivity index (χ4v) is 2.03. The summed E-state index contributed by atoms with van der Waals surface area (Å²) >= 11 is 0. The number of rotatable bonds is 2. The van der Waals surface area contributed by atoms with Crippen molar-refractivity contribution in [1.29, 1.82) is 0 Å². The maximum atomic E-state index is 12.7. The Balaban J connectivity index is 2.11. The van der Waals surface area contributed by atoms with E-state index in [9.17, 15) is 13.2 Å². The Morgan fingerprint density at radius 2 is 1.86 bits per heavy atom. The lowest BCUT2D eigenvalue weighted by atomic mass is 10.1. The molecule has 0 aliphatic heterocycles. The van der Waals surface area contributed by atoms with Crippen molar-refractivity contribution in [3.05, 3.63) is 42.2 Å². The van der Waals surface area contributed by atoms with E-state index in [1.165, 1.54) is 12.3 Å². The molecule has 0 radical (unpaired) electrons. The van der Waals surface area contributed by atoms with E-state index in [2.05, 4.69) is 19.9 Å². The lowest BCUT2D eigenvalue weighted by Crippen LogP contribution is -2.11. The normalized spacial score (nSPS) is 12.3. The van der Waals surface area contributed by atoms with E-state index in [-0.39, 0.29) is 11.6 Å². The molecular formula is C14H12F3N5. The topological polar surface area (TPSA) is 56.0 Å². The van der Waals surface area contributed by atoms with E-state index < -0.39 is 12.0 Å². The monoisotopic (exact) mass is 307 g/mol. The number of hydrogen-bond acceptors (Lipinski definition) is 4. The average Bonchev–Trinajstić information content (AvgIpc) is 2.89. The molecule has 3 aromatic heterocycles. The zero-order chi connectivity index (χ0) is 15.9. The molecule has 0 N–H and O–H groups in total. The van der Waals surface area contributed by atoms with Crippen LogP contribution < -0.4 is 0 Å². The Labute approximate surface area is 123 Å². The molecule has 0 unspecified atom stereocenters. The van der Waals surface area contributed by atoms with Crippen molar-refractivity contribution in [3.63, 3.8) is 0 Å². The number of imidazole rings is 1. The zero-order valence-corrected chi connectivity index (χ0v) is 11.8. The highest BCUT2D eigenvalue weighted by Crippen LogP contribution is 2.28. The van der Waals surface area contributed by atoms with Crippen LogP contribution in [0.1, 0.15) is 31.3 Å². The minimum Gasteiger partial charge on any atom is -0.282 e. The van der Waals surface area contributed by atoms with Gasteiger partial charge in [0.05, 0.1) is 17.6 Å². The minimum atomic E-state index is -4.58. The highest BCUT2D eigenvalue weighted by atomic mass is 19.4. The van der Waals surface area contributed by atoms with Crippen molar-refractivity contribution in [2.24, 2.45) is 0 Å². The second-order valence-electron chi connectivity index (χ2n) is 5.08. The molecule has 0 aliphatic carbocycles. The molecule has 3 aromatic rings. The van der Waals surface area contributed by atoms with Crippen molar-refractivity contribution < 1.29 is 13.2 Å². The first-order chi connectivity index (χ1) is 10.4. The predicted molar refractivity (Wildman–Crippen MR) is 73.1 cm³/mol. The zero-order valence-electron chi connectivity index (χ0n) is 11.8. The van der Waals surface area contributed by atoms with Crippen LogP contribution in [-0.2, 0) is 6.18 Å². The van der Waals surface area contributed by atoms with Crippen molar-refractivity contribution in [1.82, 2.24) is 24.3 Å². The Hall–Kier alpha value is -2.51. The molecule has 5 nitrogen and oxygen atoms in total. The highest BCUT2D eigenvalue weighted by Gasteiger charge is 2.34. The average molecular weight is 307 g/mol. The maximum absolute atomic E-state index is 12.7. The van der Waals surface area contributed by atoms with E-state index in [0.717, 1.165) is 11.9 Å². The van der Waals surface area contributed by atoms with Crippen LogP contribution in [0.3, 0.4) is 0 Å². The summed E-state index contributed by atoms with van der Waals surface area (Å²) < 4.78 is 39.7. The summed E-state index contributed by atoms with van der Waals surface area (Å²) in [6.07, 6.45) is -0.315. The van der Waals surface area contributed by atoms with Crippen molar-refractivity contribution in [2.45, 2.75) is 25.9 Å². The first-order valence-corrected chi connectivity index (χ1v) is 6.61. The van der Waals surface area contributed by atoms with Crippen LogP contribution in [0.4, 0.5) is 13.2 Å². The molecule has 114 valence electrons. The number of hydrogen-bond donors (Lipinski definition) is 0. The molecule has 0 aliphatic rings. The van der Waals surface area contributed by atoms with Crippen molar-refractivity contribution >= 4 is 5.78 Å². The Bertz CT molecular complexity index is 823. The highest BCUT2D eigenvalue weighted by molar-refractivity contribution is 5.58. The summed E-state index contributed by atoms with van der Waals surface area (Å²) in [6.45, 7) is 4.01. The fourth-order valence-electron chi connectivity index (χ4n) is 2.03. The standard InChI is InChI=1S/C14H12F3N5/c1-8(2)9-4-6-22-11(7-19-13(22)21-9)10-3-5-18-12(20-10)14(15,16)17/h3-8H,1-2H3. The molecule has 0 bridgehead atoms. The summed E-state index contributed by atoms with van der Waals surface area (Å²) in [5.74, 6) is -0.513. The van der Waals surface area contributed by atoms with Crippen LogP contribution in [0.5, 0.6) is 0 Å². The van der Waals surface area contributed by atoms with Gasteiger partial charge in [0.1, 0.15) is 0 Å². The first-order valence-electron chi connectivity index (χ1n) is 6.61. The van der Waals surface area contributed by atoms with Crippen LogP contribution in [0.15, 0.2) is 30.7 Å². The Morgan fingerprint density at radius 3 is 2.55 bits per heavy atom. The maximum Gasteiger partial charge on any atom is 0.451 e. The molecule has 0 spiro atoms. The molecule has 0 saturated carbocycles. The number of alkyl halides is 3. The van der Waals surface area contributed by atoms with Gasteiger partial charge in [0.2, 0.25) is 11.6 Å². The molecule has 0 saturated heterocycles. The second kappa shape index (κ2) is 5.04. The summed E-state index contributed by atoms with van der Waals surface area (Å²) in [7, 11) is 0. The SMILES string of the molecule is CC(C)c1ccn2c(-c3ccnc(C(F)(F)F)n3)cnc2n1. The first kappa shape index (κ1) is 14.4. The van der Waals surface area contributed by atoms with E-state index in [0.29, 0.717) is 11.5 Å².